The van der Waals surface area contributed by atoms with E-state index in [1.807, 2.05) is 6.07 Å². The second kappa shape index (κ2) is 4.12. The van der Waals surface area contributed by atoms with Crippen molar-refractivity contribution in [3.05, 3.63) is 29.3 Å². The van der Waals surface area contributed by atoms with E-state index >= 15 is 0 Å². The van der Waals surface area contributed by atoms with Gasteiger partial charge in [0.15, 0.2) is 0 Å². The predicted octanol–water partition coefficient (Wildman–Crippen LogP) is 3.38. The molecule has 0 amide bonds. The number of esters is 2. The van der Waals surface area contributed by atoms with Crippen LogP contribution in [-0.2, 0) is 4.74 Å². The molecule has 1 N–H and O–H groups in total. The lowest BCUT2D eigenvalue weighted by Crippen LogP contribution is -2.54. The number of ether oxygens (including phenoxy) is 1. The summed E-state index contributed by atoms with van der Waals surface area (Å²) in [6, 6.07) is 5.42. The van der Waals surface area contributed by atoms with Crippen molar-refractivity contribution < 1.29 is 14.3 Å². The van der Waals surface area contributed by atoms with Gasteiger partial charge in [-0.1, -0.05) is 0 Å². The maximum absolute atomic E-state index is 11.7. The summed E-state index contributed by atoms with van der Waals surface area (Å²) in [7, 11) is 0. The number of hydrogen-bond donors (Lipinski definition) is 1. The molecule has 4 aliphatic carbocycles. The van der Waals surface area contributed by atoms with Gasteiger partial charge in [0, 0.05) is 11.2 Å². The lowest BCUT2D eigenvalue weighted by Gasteiger charge is -2.57. The third-order valence-corrected chi connectivity index (χ3v) is 6.09. The fourth-order valence-electron chi connectivity index (χ4n) is 5.73. The molecule has 0 radical (unpaired) electrons. The minimum absolute atomic E-state index is 0.204. The van der Waals surface area contributed by atoms with E-state index in [0.717, 1.165) is 23.4 Å². The molecule has 4 nitrogen and oxygen atoms in total. The summed E-state index contributed by atoms with van der Waals surface area (Å²) in [6.45, 7) is 0. The smallest absolute Gasteiger partial charge is 0.346 e. The molecule has 1 heterocycles. The van der Waals surface area contributed by atoms with Crippen LogP contribution in [-0.4, -0.2) is 17.5 Å². The Balaban J connectivity index is 1.46. The Morgan fingerprint density at radius 1 is 0.909 bits per heavy atom. The molecule has 0 aromatic heterocycles. The van der Waals surface area contributed by atoms with E-state index in [1.165, 1.54) is 38.5 Å². The number of benzene rings is 1. The Hall–Kier alpha value is -1.84. The number of hydrogen-bond acceptors (Lipinski definition) is 4. The lowest BCUT2D eigenvalue weighted by atomic mass is 9.53. The van der Waals surface area contributed by atoms with Crippen molar-refractivity contribution in [3.8, 4) is 0 Å². The monoisotopic (exact) mass is 297 g/mol. The molecule has 1 aromatic carbocycles. The van der Waals surface area contributed by atoms with E-state index in [2.05, 4.69) is 10.1 Å². The molecule has 6 rings (SSSR count). The Labute approximate surface area is 129 Å². The molecule has 0 saturated heterocycles. The summed E-state index contributed by atoms with van der Waals surface area (Å²) < 4.78 is 4.67. The van der Waals surface area contributed by atoms with Crippen molar-refractivity contribution in [1.82, 2.24) is 0 Å². The van der Waals surface area contributed by atoms with Crippen LogP contribution in [0.25, 0.3) is 0 Å². The van der Waals surface area contributed by atoms with Gasteiger partial charge >= 0.3 is 11.9 Å². The fourth-order valence-corrected chi connectivity index (χ4v) is 5.73. The average Bonchev–Trinajstić information content (AvgIpc) is 2.71. The van der Waals surface area contributed by atoms with Crippen molar-refractivity contribution in [1.29, 1.82) is 0 Å². The maximum atomic E-state index is 11.7. The highest BCUT2D eigenvalue weighted by atomic mass is 16.6. The van der Waals surface area contributed by atoms with Crippen molar-refractivity contribution in [2.24, 2.45) is 17.8 Å². The third kappa shape index (κ3) is 1.76. The summed E-state index contributed by atoms with van der Waals surface area (Å²) in [4.78, 5) is 23.3. The zero-order valence-corrected chi connectivity index (χ0v) is 12.4. The van der Waals surface area contributed by atoms with Gasteiger partial charge in [-0.3, -0.25) is 0 Å². The number of carbonyl (C=O) groups is 2. The summed E-state index contributed by atoms with van der Waals surface area (Å²) in [5, 5.41) is 3.73. The minimum Gasteiger partial charge on any atom is -0.386 e. The second-order valence-electron chi connectivity index (χ2n) is 7.76. The van der Waals surface area contributed by atoms with Gasteiger partial charge in [-0.2, -0.15) is 0 Å². The van der Waals surface area contributed by atoms with Gasteiger partial charge < -0.3 is 10.1 Å². The summed E-state index contributed by atoms with van der Waals surface area (Å²) >= 11 is 0. The largest absolute Gasteiger partial charge is 0.386 e. The highest BCUT2D eigenvalue weighted by Crippen LogP contribution is 2.56. The normalized spacial score (nSPS) is 38.1. The van der Waals surface area contributed by atoms with Crippen LogP contribution < -0.4 is 5.32 Å². The molecule has 4 saturated carbocycles. The first-order valence-electron chi connectivity index (χ1n) is 8.29. The van der Waals surface area contributed by atoms with Gasteiger partial charge in [-0.25, -0.2) is 9.59 Å². The zero-order valence-electron chi connectivity index (χ0n) is 12.4. The molecule has 22 heavy (non-hydrogen) atoms. The first-order valence-corrected chi connectivity index (χ1v) is 8.29. The molecule has 0 unspecified atom stereocenters. The number of fused-ring (bicyclic) bond motifs is 1. The average molecular weight is 297 g/mol. The first kappa shape index (κ1) is 12.7. The van der Waals surface area contributed by atoms with Crippen molar-refractivity contribution >= 4 is 17.6 Å². The number of cyclic esters (lactones) is 2. The molecule has 4 fully saturated rings. The molecule has 4 heteroatoms. The molecular weight excluding hydrogens is 278 g/mol. The summed E-state index contributed by atoms with van der Waals surface area (Å²) in [5.74, 6) is 1.58. The molecule has 1 aliphatic heterocycles. The van der Waals surface area contributed by atoms with Crippen LogP contribution >= 0.6 is 0 Å². The molecule has 114 valence electrons. The third-order valence-electron chi connectivity index (χ3n) is 6.09. The van der Waals surface area contributed by atoms with Crippen molar-refractivity contribution in [2.75, 3.05) is 5.32 Å². The Bertz CT molecular complexity index is 658. The van der Waals surface area contributed by atoms with Gasteiger partial charge in [0.05, 0.1) is 11.1 Å². The van der Waals surface area contributed by atoms with Crippen LogP contribution in [0.5, 0.6) is 0 Å². The highest BCUT2D eigenvalue weighted by molar-refractivity contribution is 6.15. The van der Waals surface area contributed by atoms with Crippen molar-refractivity contribution in [3.63, 3.8) is 0 Å². The quantitative estimate of drug-likeness (QED) is 0.671. The minimum atomic E-state index is -0.527. The van der Waals surface area contributed by atoms with E-state index in [9.17, 15) is 9.59 Å². The van der Waals surface area contributed by atoms with Crippen molar-refractivity contribution in [2.45, 2.75) is 44.1 Å². The Morgan fingerprint density at radius 3 is 2.14 bits per heavy atom. The molecule has 0 atom stereocenters. The fraction of sp³-hybridized carbons (Fsp3) is 0.556. The van der Waals surface area contributed by atoms with Crippen LogP contribution in [0, 0.1) is 17.8 Å². The van der Waals surface area contributed by atoms with Crippen LogP contribution in [0.4, 0.5) is 5.69 Å². The van der Waals surface area contributed by atoms with E-state index in [1.54, 1.807) is 12.1 Å². The van der Waals surface area contributed by atoms with E-state index < -0.39 is 11.9 Å². The molecule has 5 aliphatic rings. The Morgan fingerprint density at radius 2 is 1.50 bits per heavy atom. The van der Waals surface area contributed by atoms with Gasteiger partial charge in [-0.15, -0.1) is 0 Å². The number of rotatable bonds is 2. The number of anilines is 1. The Kier molecular flexibility index (Phi) is 2.37. The van der Waals surface area contributed by atoms with E-state index in [4.69, 9.17) is 0 Å². The SMILES string of the molecule is O=C1OC(=O)c2cc(NC34CC5CC(CC(C5)C3)C4)ccc21. The van der Waals surface area contributed by atoms with Crippen LogP contribution in [0.3, 0.4) is 0 Å². The highest BCUT2D eigenvalue weighted by Gasteiger charge is 2.51. The van der Waals surface area contributed by atoms with E-state index in [0.29, 0.717) is 11.1 Å². The van der Waals surface area contributed by atoms with Crippen LogP contribution in [0.2, 0.25) is 0 Å². The summed E-state index contributed by atoms with van der Waals surface area (Å²) in [6.07, 6.45) is 7.97. The van der Waals surface area contributed by atoms with Crippen LogP contribution in [0.15, 0.2) is 18.2 Å². The zero-order chi connectivity index (χ0) is 14.9. The molecule has 4 bridgehead atoms. The molecular formula is C18H19NO3. The van der Waals surface area contributed by atoms with Gasteiger partial charge in [-0.05, 0) is 74.5 Å². The predicted molar refractivity (Wildman–Crippen MR) is 80.7 cm³/mol. The first-order chi connectivity index (χ1) is 10.6. The number of carbonyl (C=O) groups excluding carboxylic acids is 2. The second-order valence-corrected chi connectivity index (χ2v) is 7.76. The maximum Gasteiger partial charge on any atom is 0.346 e. The standard InChI is InChI=1S/C18H19NO3/c20-16-14-2-1-13(6-15(14)17(21)22-16)19-18-7-10-3-11(8-18)5-12(4-10)9-18/h1-2,6,10-12,19H,3-5,7-9H2. The lowest BCUT2D eigenvalue weighted by molar-refractivity contribution is 0.0107. The molecule has 0 spiro atoms. The van der Waals surface area contributed by atoms with Gasteiger partial charge in [0.1, 0.15) is 0 Å². The van der Waals surface area contributed by atoms with Gasteiger partial charge in [0.2, 0.25) is 0 Å². The molecule has 1 aromatic rings. The number of nitrogens with one attached hydrogen (secondary N) is 1. The van der Waals surface area contributed by atoms with E-state index in [-0.39, 0.29) is 5.54 Å². The topological polar surface area (TPSA) is 55.4 Å². The summed E-state index contributed by atoms with van der Waals surface area (Å²) in [5.41, 5.74) is 1.95. The van der Waals surface area contributed by atoms with Crippen LogP contribution in [0.1, 0.15) is 59.2 Å². The van der Waals surface area contributed by atoms with Gasteiger partial charge in [0.25, 0.3) is 0 Å².